The Hall–Kier alpha value is -7.67. The van der Waals surface area contributed by atoms with Crippen LogP contribution in [0, 0.1) is 126 Å². The first kappa shape index (κ1) is 39.1. The lowest BCUT2D eigenvalue weighted by Gasteiger charge is -2.20. The molecule has 0 heterocycles. The highest BCUT2D eigenvalue weighted by Gasteiger charge is 2.50. The molecule has 0 spiro atoms. The normalized spacial score (nSPS) is 14.0. The molecule has 3 aromatic rings. The second-order valence-corrected chi connectivity index (χ2v) is 10.1. The van der Waals surface area contributed by atoms with E-state index >= 15 is 17.6 Å². The van der Waals surface area contributed by atoms with Crippen molar-refractivity contribution in [3.63, 3.8) is 0 Å². The summed E-state index contributed by atoms with van der Waals surface area (Å²) in [7, 11) is 0. The van der Waals surface area contributed by atoms with Gasteiger partial charge >= 0.3 is 12.4 Å². The molecule has 0 aliphatic heterocycles. The summed E-state index contributed by atoms with van der Waals surface area (Å²) in [6, 6.07) is 5.36. The van der Waals surface area contributed by atoms with Crippen molar-refractivity contribution >= 4 is 16.7 Å². The van der Waals surface area contributed by atoms with Gasteiger partial charge in [0.05, 0.1) is 62.2 Å². The molecule has 4 rings (SSSR count). The molecule has 7 nitrogen and oxygen atoms in total. The molecule has 1 aliphatic rings. The SMILES string of the molecule is N#CC(=C1C(=C(C#N)c2c(F)c(F)c(C#N)c(F)c2F)C1=C(C#N)c1c(C(F)(F)F)c(C#N)cc(C#N)c1C(F)(F)F)c1c(F)c(F)c(C#N)c(F)c1F. The van der Waals surface area contributed by atoms with Gasteiger partial charge in [-0.15, -0.1) is 0 Å². The summed E-state index contributed by atoms with van der Waals surface area (Å²) in [5.74, 6) is -20.9. The first-order valence-corrected chi connectivity index (χ1v) is 13.3. The zero-order chi connectivity index (χ0) is 40.9. The third-order valence-electron chi connectivity index (χ3n) is 7.41. The third-order valence-corrected chi connectivity index (χ3v) is 7.41. The number of nitrogens with zero attached hydrogens (tertiary/aromatic N) is 7. The van der Waals surface area contributed by atoms with E-state index < -0.39 is 142 Å². The maximum Gasteiger partial charge on any atom is 0.418 e. The van der Waals surface area contributed by atoms with Crippen LogP contribution in [0.25, 0.3) is 16.7 Å². The van der Waals surface area contributed by atoms with Gasteiger partial charge in [-0.2, -0.15) is 63.2 Å². The highest BCUT2D eigenvalue weighted by atomic mass is 19.4. The molecule has 1 fully saturated rings. The molecular formula is C33HF14N7. The lowest BCUT2D eigenvalue weighted by molar-refractivity contribution is -0.143. The second-order valence-electron chi connectivity index (χ2n) is 10.1. The van der Waals surface area contributed by atoms with Gasteiger partial charge in [0.15, 0.2) is 46.5 Å². The number of alkyl halides is 6. The van der Waals surface area contributed by atoms with Gasteiger partial charge in [0.25, 0.3) is 0 Å². The van der Waals surface area contributed by atoms with Gasteiger partial charge in [-0.05, 0) is 6.07 Å². The van der Waals surface area contributed by atoms with E-state index in [4.69, 9.17) is 10.5 Å². The summed E-state index contributed by atoms with van der Waals surface area (Å²) in [5, 5.41) is 66.5. The minimum absolute atomic E-state index is 0.212. The van der Waals surface area contributed by atoms with Gasteiger partial charge in [-0.1, -0.05) is 0 Å². The van der Waals surface area contributed by atoms with Crippen LogP contribution >= 0.6 is 0 Å². The Morgan fingerprint density at radius 2 is 0.648 bits per heavy atom. The van der Waals surface area contributed by atoms with Crippen molar-refractivity contribution < 1.29 is 61.5 Å². The van der Waals surface area contributed by atoms with E-state index in [-0.39, 0.29) is 6.07 Å². The summed E-state index contributed by atoms with van der Waals surface area (Å²) in [6.07, 6.45) is -12.2. The third kappa shape index (κ3) is 5.75. The monoisotopic (exact) mass is 761 g/mol. The van der Waals surface area contributed by atoms with Crippen molar-refractivity contribution in [2.45, 2.75) is 12.4 Å². The molecule has 0 aromatic heterocycles. The van der Waals surface area contributed by atoms with Crippen molar-refractivity contribution in [2.24, 2.45) is 0 Å². The molecular weight excluding hydrogens is 760 g/mol. The van der Waals surface area contributed by atoms with Crippen LogP contribution in [-0.4, -0.2) is 0 Å². The number of halogens is 14. The highest BCUT2D eigenvalue weighted by Crippen LogP contribution is 2.59. The number of benzene rings is 3. The van der Waals surface area contributed by atoms with Crippen LogP contribution in [0.15, 0.2) is 22.8 Å². The smallest absolute Gasteiger partial charge is 0.203 e. The average Bonchev–Trinajstić information content (AvgIpc) is 3.82. The van der Waals surface area contributed by atoms with Crippen LogP contribution in [0.1, 0.15) is 50.1 Å². The molecule has 0 bridgehead atoms. The topological polar surface area (TPSA) is 167 Å². The molecule has 54 heavy (non-hydrogen) atoms. The van der Waals surface area contributed by atoms with Gasteiger partial charge in [0.1, 0.15) is 41.5 Å². The Kier molecular flexibility index (Phi) is 9.76. The van der Waals surface area contributed by atoms with Crippen LogP contribution in [0.2, 0.25) is 0 Å². The van der Waals surface area contributed by atoms with Gasteiger partial charge in [0, 0.05) is 22.3 Å². The molecule has 0 N–H and O–H groups in total. The zero-order valence-electron chi connectivity index (χ0n) is 25.0. The maximum atomic E-state index is 15.2. The molecule has 0 saturated heterocycles. The highest BCUT2D eigenvalue weighted by molar-refractivity contribution is 6.13. The molecule has 1 saturated carbocycles. The predicted octanol–water partition coefficient (Wildman–Crippen LogP) is 8.57. The Balaban J connectivity index is 2.52. The fraction of sp³-hybridized carbons (Fsp3) is 0.0606. The van der Waals surface area contributed by atoms with E-state index in [1.54, 1.807) is 0 Å². The molecule has 0 radical (unpaired) electrons. The largest absolute Gasteiger partial charge is 0.418 e. The lowest BCUT2D eigenvalue weighted by atomic mass is 9.86. The zero-order valence-corrected chi connectivity index (χ0v) is 25.0. The Morgan fingerprint density at radius 1 is 0.389 bits per heavy atom. The van der Waals surface area contributed by atoms with Gasteiger partial charge < -0.3 is 0 Å². The van der Waals surface area contributed by atoms with E-state index in [0.717, 1.165) is 30.3 Å². The Morgan fingerprint density at radius 3 is 0.852 bits per heavy atom. The lowest BCUT2D eigenvalue weighted by Crippen LogP contribution is -2.20. The van der Waals surface area contributed by atoms with E-state index in [2.05, 4.69) is 0 Å². The standard InChI is InChI=1S/C33HF14N7/c34-24-14(7-53)25(35)29(39)20(28(24)38)12(5-51)17-16(18(17)13(6-52)21-30(40)26(36)15(8-54)27(37)31(21)41)11(4-50)19-22(32(42,43)44)9(2-48)1-10(3-49)23(19)33(45,46)47/h1H. The van der Waals surface area contributed by atoms with Crippen molar-refractivity contribution in [2.75, 3.05) is 0 Å². The number of nitriles is 7. The van der Waals surface area contributed by atoms with Crippen LogP contribution in [0.3, 0.4) is 0 Å². The van der Waals surface area contributed by atoms with Crippen molar-refractivity contribution in [3.8, 4) is 42.5 Å². The molecule has 266 valence electrons. The molecule has 0 amide bonds. The van der Waals surface area contributed by atoms with Crippen LogP contribution < -0.4 is 0 Å². The van der Waals surface area contributed by atoms with Gasteiger partial charge in [0.2, 0.25) is 0 Å². The quantitative estimate of drug-likeness (QED) is 0.146. The van der Waals surface area contributed by atoms with E-state index in [9.17, 15) is 70.2 Å². The van der Waals surface area contributed by atoms with Crippen molar-refractivity contribution in [1.82, 2.24) is 0 Å². The molecule has 0 atom stereocenters. The first-order chi connectivity index (χ1) is 25.2. The summed E-state index contributed by atoms with van der Waals surface area (Å²) >= 11 is 0. The van der Waals surface area contributed by atoms with E-state index in [0.29, 0.717) is 12.1 Å². The fourth-order valence-corrected chi connectivity index (χ4v) is 5.24. The molecule has 21 heteroatoms. The number of allylic oxidation sites excluding steroid dienone is 6. The minimum Gasteiger partial charge on any atom is -0.203 e. The Labute approximate surface area is 289 Å². The number of hydrogen-bond acceptors (Lipinski definition) is 7. The van der Waals surface area contributed by atoms with E-state index in [1.165, 1.54) is 0 Å². The summed E-state index contributed by atoms with van der Waals surface area (Å²) in [6.45, 7) is 0. The van der Waals surface area contributed by atoms with Crippen molar-refractivity contribution in [1.29, 1.82) is 36.8 Å². The van der Waals surface area contributed by atoms with E-state index in [1.807, 2.05) is 0 Å². The first-order valence-electron chi connectivity index (χ1n) is 13.3. The Bertz CT molecular complexity index is 2460. The number of rotatable bonds is 3. The number of hydrogen-bond donors (Lipinski definition) is 0. The van der Waals surface area contributed by atoms with Gasteiger partial charge in [-0.3, -0.25) is 0 Å². The predicted molar refractivity (Wildman–Crippen MR) is 145 cm³/mol. The van der Waals surface area contributed by atoms with Crippen LogP contribution in [0.4, 0.5) is 61.5 Å². The van der Waals surface area contributed by atoms with Crippen LogP contribution in [0.5, 0.6) is 0 Å². The van der Waals surface area contributed by atoms with Gasteiger partial charge in [-0.25, -0.2) is 35.1 Å². The summed E-state index contributed by atoms with van der Waals surface area (Å²) in [4.78, 5) is 0. The van der Waals surface area contributed by atoms with Crippen LogP contribution in [-0.2, 0) is 12.4 Å². The maximum absolute atomic E-state index is 15.2. The summed E-state index contributed by atoms with van der Waals surface area (Å²) in [5.41, 5.74) is -31.1. The molecule has 3 aromatic carbocycles. The van der Waals surface area contributed by atoms with Crippen molar-refractivity contribution in [3.05, 3.63) is 119 Å². The second kappa shape index (κ2) is 13.5. The minimum atomic E-state index is -6.11. The molecule has 1 aliphatic carbocycles. The summed E-state index contributed by atoms with van der Waals surface area (Å²) < 4.78 is 207. The fourth-order valence-electron chi connectivity index (χ4n) is 5.24. The average molecular weight is 761 g/mol. The molecule has 0 unspecified atom stereocenters.